The molecule has 9 rings (SSSR count). The van der Waals surface area contributed by atoms with Crippen molar-refractivity contribution < 1.29 is 21.4 Å². The number of aryl methyl sites for hydroxylation is 2. The molecule has 0 spiro atoms. The maximum absolute atomic E-state index is 3.23. The quantitative estimate of drug-likeness (QED) is 0.140. The van der Waals surface area contributed by atoms with E-state index in [1.165, 1.54) is 55.6 Å². The molecule has 0 saturated heterocycles. The first-order chi connectivity index (χ1) is 27.0. The van der Waals surface area contributed by atoms with Crippen LogP contribution in [0, 0.1) is 10.8 Å². The molecule has 6 aromatic carbocycles. The third kappa shape index (κ3) is 6.18. The SMILES string of the molecule is CCc1ccccc1-c1cccc2c1C=C(C(C)(C)C)[CH]2[Hf]([c]1cccc2c1[SiH2]c1ccccc1-2)[CH]1C(C(C)(C)C)=Cc2c(-c3ccccc3CC)cccc21. The van der Waals surface area contributed by atoms with Crippen LogP contribution in [0.3, 0.4) is 0 Å². The Morgan fingerprint density at radius 3 is 1.39 bits per heavy atom. The molecule has 279 valence electrons. The van der Waals surface area contributed by atoms with Crippen LogP contribution in [-0.2, 0) is 34.3 Å². The molecule has 6 aromatic rings. The molecule has 2 atom stereocenters. The van der Waals surface area contributed by atoms with E-state index < -0.39 is 31.0 Å². The van der Waals surface area contributed by atoms with E-state index in [1.54, 1.807) is 36.0 Å². The summed E-state index contributed by atoms with van der Waals surface area (Å²) in [6.07, 6.45) is 7.44. The van der Waals surface area contributed by atoms with Crippen molar-refractivity contribution in [3.05, 3.63) is 172 Å². The van der Waals surface area contributed by atoms with Gasteiger partial charge in [0.1, 0.15) is 0 Å². The molecule has 2 heteroatoms. The van der Waals surface area contributed by atoms with E-state index in [0.29, 0.717) is 7.35 Å². The van der Waals surface area contributed by atoms with Crippen molar-refractivity contribution in [2.75, 3.05) is 0 Å². The van der Waals surface area contributed by atoms with Crippen LogP contribution in [0.2, 0.25) is 0 Å². The Morgan fingerprint density at radius 1 is 0.464 bits per heavy atom. The number of hydrogen-bond acceptors (Lipinski definition) is 0. The number of allylic oxidation sites excluding steroid dienone is 2. The first-order valence-electron chi connectivity index (χ1n) is 20.9. The molecule has 56 heavy (non-hydrogen) atoms. The van der Waals surface area contributed by atoms with E-state index in [9.17, 15) is 0 Å². The first kappa shape index (κ1) is 37.5. The van der Waals surface area contributed by atoms with Gasteiger partial charge >= 0.3 is 349 Å². The number of benzene rings is 6. The summed E-state index contributed by atoms with van der Waals surface area (Å²) in [7, 11) is -0.641. The van der Waals surface area contributed by atoms with Crippen molar-refractivity contribution in [3.8, 4) is 33.4 Å². The molecule has 2 unspecified atom stereocenters. The first-order valence-corrected chi connectivity index (χ1v) is 28.3. The fourth-order valence-corrected chi connectivity index (χ4v) is 31.4. The monoisotopic (exact) mass is 911 g/mol. The van der Waals surface area contributed by atoms with Crippen molar-refractivity contribution in [1.29, 1.82) is 0 Å². The average Bonchev–Trinajstić information content (AvgIpc) is 3.91. The summed E-state index contributed by atoms with van der Waals surface area (Å²) in [6, 6.07) is 49.8. The third-order valence-electron chi connectivity index (χ3n) is 13.0. The van der Waals surface area contributed by atoms with Gasteiger partial charge in [-0.3, -0.25) is 0 Å². The summed E-state index contributed by atoms with van der Waals surface area (Å²) >= 11 is -3.23. The van der Waals surface area contributed by atoms with Crippen LogP contribution in [0.25, 0.3) is 45.5 Å². The molecule has 0 nitrogen and oxygen atoms in total. The van der Waals surface area contributed by atoms with Crippen LogP contribution in [0.4, 0.5) is 0 Å². The van der Waals surface area contributed by atoms with Gasteiger partial charge in [0.2, 0.25) is 0 Å². The standard InChI is InChI=1S/2C21H23.C12H9Si.Hf/c2*1-5-15-9-6-7-11-18(15)19-12-8-10-16-13-17(14-20(16)19)21(2,3)4;1-3-7-11-9(5-1)10-6-2-4-8-12(10)13-11;/h2*6-14H,5H2,1-4H3;1-7H,13H2;. The third-order valence-corrected chi connectivity index (χ3v) is 29.3. The van der Waals surface area contributed by atoms with Crippen molar-refractivity contribution in [2.45, 2.75) is 75.6 Å². The summed E-state index contributed by atoms with van der Waals surface area (Å²) in [5.41, 5.74) is 21.0. The molecule has 0 aromatic heterocycles. The molecule has 1 heterocycles. The van der Waals surface area contributed by atoms with Crippen LogP contribution in [0.15, 0.2) is 139 Å². The van der Waals surface area contributed by atoms with Gasteiger partial charge in [0, 0.05) is 0 Å². The Kier molecular flexibility index (Phi) is 9.61. The van der Waals surface area contributed by atoms with Gasteiger partial charge in [-0.25, -0.2) is 0 Å². The van der Waals surface area contributed by atoms with Crippen molar-refractivity contribution in [3.63, 3.8) is 0 Å². The molecule has 0 bridgehead atoms. The Hall–Kier alpha value is -4.11. The zero-order valence-corrected chi connectivity index (χ0v) is 39.6. The van der Waals surface area contributed by atoms with Crippen LogP contribution in [-0.4, -0.2) is 9.52 Å². The molecule has 2 aliphatic carbocycles. The van der Waals surface area contributed by atoms with E-state index >= 15 is 0 Å². The van der Waals surface area contributed by atoms with Gasteiger partial charge in [-0.05, 0) is 0 Å². The zero-order chi connectivity index (χ0) is 38.9. The van der Waals surface area contributed by atoms with Crippen LogP contribution < -0.4 is 13.7 Å². The topological polar surface area (TPSA) is 0 Å². The molecule has 0 saturated carbocycles. The Morgan fingerprint density at radius 2 is 0.893 bits per heavy atom. The summed E-state index contributed by atoms with van der Waals surface area (Å²) in [5.74, 6) is 0. The van der Waals surface area contributed by atoms with Gasteiger partial charge in [-0.15, -0.1) is 0 Å². The van der Waals surface area contributed by atoms with Crippen molar-refractivity contribution >= 4 is 35.4 Å². The second-order valence-corrected chi connectivity index (χ2v) is 29.5. The molecular formula is C54H55HfSi. The van der Waals surface area contributed by atoms with Crippen molar-refractivity contribution in [2.24, 2.45) is 10.8 Å². The summed E-state index contributed by atoms with van der Waals surface area (Å²) < 4.78 is 2.65. The van der Waals surface area contributed by atoms with E-state index in [-0.39, 0.29) is 10.8 Å². The fourth-order valence-electron chi connectivity index (χ4n) is 10.3. The van der Waals surface area contributed by atoms with Gasteiger partial charge in [-0.2, -0.15) is 0 Å². The molecule has 1 aliphatic heterocycles. The molecular weight excluding hydrogens is 855 g/mol. The second kappa shape index (κ2) is 14.4. The van der Waals surface area contributed by atoms with E-state index in [4.69, 9.17) is 0 Å². The van der Waals surface area contributed by atoms with Gasteiger partial charge < -0.3 is 0 Å². The fraction of sp³-hybridized carbons (Fsp3) is 0.259. The Balaban J connectivity index is 1.35. The summed E-state index contributed by atoms with van der Waals surface area (Å²) in [4.78, 5) is 0. The van der Waals surface area contributed by atoms with Crippen LogP contribution in [0.1, 0.15) is 96.1 Å². The normalized spacial score (nSPS) is 17.3. The van der Waals surface area contributed by atoms with Gasteiger partial charge in [0.25, 0.3) is 0 Å². The average molecular weight is 911 g/mol. The van der Waals surface area contributed by atoms with E-state index in [1.807, 2.05) is 0 Å². The Labute approximate surface area is 346 Å². The second-order valence-electron chi connectivity index (χ2n) is 18.3. The minimum absolute atomic E-state index is 0.0223. The predicted molar refractivity (Wildman–Crippen MR) is 242 cm³/mol. The Bertz CT molecular complexity index is 2440. The molecule has 0 fully saturated rings. The summed E-state index contributed by atoms with van der Waals surface area (Å²) in [6.45, 7) is 19.5. The molecule has 0 radical (unpaired) electrons. The van der Waals surface area contributed by atoms with E-state index in [2.05, 4.69) is 195 Å². The van der Waals surface area contributed by atoms with Crippen LogP contribution >= 0.6 is 0 Å². The summed E-state index contributed by atoms with van der Waals surface area (Å²) in [5, 5.41) is 3.37. The molecule has 3 aliphatic rings. The van der Waals surface area contributed by atoms with Gasteiger partial charge in [0.05, 0.1) is 0 Å². The van der Waals surface area contributed by atoms with Gasteiger partial charge in [-0.1, -0.05) is 0 Å². The van der Waals surface area contributed by atoms with Gasteiger partial charge in [0.15, 0.2) is 0 Å². The number of rotatable bonds is 7. The maximum atomic E-state index is 2.69. The molecule has 0 N–H and O–H groups in total. The number of hydrogen-bond donors (Lipinski definition) is 0. The van der Waals surface area contributed by atoms with Crippen LogP contribution in [0.5, 0.6) is 0 Å². The van der Waals surface area contributed by atoms with Crippen molar-refractivity contribution in [1.82, 2.24) is 0 Å². The van der Waals surface area contributed by atoms with E-state index in [0.717, 1.165) is 12.8 Å². The zero-order valence-electron chi connectivity index (χ0n) is 34.6. The number of fused-ring (bicyclic) bond motifs is 5. The predicted octanol–water partition coefficient (Wildman–Crippen LogP) is 11.9. The molecule has 0 amide bonds. The minimum atomic E-state index is -3.23.